The van der Waals surface area contributed by atoms with E-state index < -0.39 is 29.7 Å². The average Bonchev–Trinajstić information content (AvgIpc) is 3.08. The SMILES string of the molecule is COc1ccc(NC(=O)c2ccc3c(c2)C(=O)N(c2ccc(C(=O)O)cc2)C3=O)c(C(=O)O)c1. The molecule has 0 fully saturated rings. The van der Waals surface area contributed by atoms with Crippen LogP contribution in [0.2, 0.25) is 0 Å². The Labute approximate surface area is 192 Å². The Morgan fingerprint density at radius 2 is 1.44 bits per heavy atom. The zero-order valence-electron chi connectivity index (χ0n) is 17.6. The van der Waals surface area contributed by atoms with E-state index in [9.17, 15) is 29.1 Å². The van der Waals surface area contributed by atoms with Gasteiger partial charge in [-0.1, -0.05) is 0 Å². The molecule has 0 saturated carbocycles. The number of anilines is 2. The number of carboxylic acids is 2. The molecule has 1 aliphatic heterocycles. The molecule has 10 heteroatoms. The Morgan fingerprint density at radius 1 is 0.794 bits per heavy atom. The van der Waals surface area contributed by atoms with Crippen LogP contribution in [0.4, 0.5) is 11.4 Å². The molecule has 4 rings (SSSR count). The van der Waals surface area contributed by atoms with Crippen LogP contribution in [0.15, 0.2) is 60.7 Å². The molecule has 3 aromatic carbocycles. The lowest BCUT2D eigenvalue weighted by atomic mass is 10.0. The van der Waals surface area contributed by atoms with Gasteiger partial charge in [-0.3, -0.25) is 14.4 Å². The van der Waals surface area contributed by atoms with Crippen LogP contribution in [0, 0.1) is 0 Å². The first-order chi connectivity index (χ1) is 16.2. The van der Waals surface area contributed by atoms with Gasteiger partial charge in [-0.15, -0.1) is 0 Å². The van der Waals surface area contributed by atoms with E-state index in [1.807, 2.05) is 0 Å². The Hall–Kier alpha value is -4.99. The quantitative estimate of drug-likeness (QED) is 0.475. The number of ether oxygens (including phenoxy) is 1. The van der Waals surface area contributed by atoms with E-state index in [0.29, 0.717) is 5.75 Å². The van der Waals surface area contributed by atoms with Gasteiger partial charge in [0.05, 0.1) is 40.7 Å². The van der Waals surface area contributed by atoms with Crippen LogP contribution in [0.25, 0.3) is 0 Å². The molecule has 3 amide bonds. The van der Waals surface area contributed by atoms with Crippen molar-refractivity contribution < 1.29 is 38.9 Å². The first-order valence-corrected chi connectivity index (χ1v) is 9.80. The molecule has 3 aromatic rings. The lowest BCUT2D eigenvalue weighted by molar-refractivity contribution is 0.0686. The first kappa shape index (κ1) is 22.2. The number of amides is 3. The van der Waals surface area contributed by atoms with Gasteiger partial charge in [0.15, 0.2) is 0 Å². The monoisotopic (exact) mass is 460 g/mol. The summed E-state index contributed by atoms with van der Waals surface area (Å²) in [6.07, 6.45) is 0. The lowest BCUT2D eigenvalue weighted by Gasteiger charge is -2.13. The zero-order chi connectivity index (χ0) is 24.6. The van der Waals surface area contributed by atoms with Crippen LogP contribution >= 0.6 is 0 Å². The van der Waals surface area contributed by atoms with E-state index in [2.05, 4.69) is 5.32 Å². The zero-order valence-corrected chi connectivity index (χ0v) is 17.6. The van der Waals surface area contributed by atoms with Gasteiger partial charge in [-0.25, -0.2) is 14.5 Å². The predicted molar refractivity (Wildman–Crippen MR) is 119 cm³/mol. The third kappa shape index (κ3) is 3.84. The predicted octanol–water partition coefficient (Wildman–Crippen LogP) is 3.14. The number of aromatic carboxylic acids is 2. The van der Waals surface area contributed by atoms with Gasteiger partial charge < -0.3 is 20.3 Å². The number of fused-ring (bicyclic) bond motifs is 1. The van der Waals surface area contributed by atoms with Gasteiger partial charge in [-0.2, -0.15) is 0 Å². The highest BCUT2D eigenvalue weighted by Gasteiger charge is 2.37. The van der Waals surface area contributed by atoms with Gasteiger partial charge in [0, 0.05) is 5.56 Å². The number of hydrogen-bond acceptors (Lipinski definition) is 6. The Kier molecular flexibility index (Phi) is 5.56. The average molecular weight is 460 g/mol. The molecule has 0 bridgehead atoms. The summed E-state index contributed by atoms with van der Waals surface area (Å²) in [7, 11) is 1.38. The number of carbonyl (C=O) groups is 5. The molecule has 0 aromatic heterocycles. The minimum absolute atomic E-state index is 0.00132. The summed E-state index contributed by atoms with van der Waals surface area (Å²) in [5, 5.41) is 20.9. The summed E-state index contributed by atoms with van der Waals surface area (Å²) >= 11 is 0. The van der Waals surface area contributed by atoms with E-state index in [0.717, 1.165) is 4.90 Å². The van der Waals surface area contributed by atoms with Gasteiger partial charge in [0.25, 0.3) is 17.7 Å². The number of nitrogens with one attached hydrogen (secondary N) is 1. The van der Waals surface area contributed by atoms with Crippen LogP contribution in [0.1, 0.15) is 51.8 Å². The van der Waals surface area contributed by atoms with Crippen molar-refractivity contribution in [2.45, 2.75) is 0 Å². The van der Waals surface area contributed by atoms with Crippen molar-refractivity contribution in [3.05, 3.63) is 88.5 Å². The van der Waals surface area contributed by atoms with Gasteiger partial charge in [0.2, 0.25) is 0 Å². The van der Waals surface area contributed by atoms with E-state index >= 15 is 0 Å². The van der Waals surface area contributed by atoms with Crippen molar-refractivity contribution in [3.8, 4) is 5.75 Å². The maximum Gasteiger partial charge on any atom is 0.337 e. The first-order valence-electron chi connectivity index (χ1n) is 9.80. The van der Waals surface area contributed by atoms with Crippen LogP contribution < -0.4 is 15.0 Å². The van der Waals surface area contributed by atoms with Crippen LogP contribution in [0.3, 0.4) is 0 Å². The number of carboxylic acid groups (broad SMARTS) is 2. The molecule has 0 saturated heterocycles. The Bertz CT molecular complexity index is 1380. The summed E-state index contributed by atoms with van der Waals surface area (Å²) < 4.78 is 5.01. The van der Waals surface area contributed by atoms with Gasteiger partial charge in [0.1, 0.15) is 5.75 Å². The summed E-state index contributed by atoms with van der Waals surface area (Å²) in [6, 6.07) is 13.3. The molecule has 1 aliphatic rings. The van der Waals surface area contributed by atoms with E-state index in [1.165, 1.54) is 67.8 Å². The van der Waals surface area contributed by atoms with Crippen molar-refractivity contribution in [1.82, 2.24) is 0 Å². The van der Waals surface area contributed by atoms with E-state index in [1.54, 1.807) is 0 Å². The highest BCUT2D eigenvalue weighted by atomic mass is 16.5. The summed E-state index contributed by atoms with van der Waals surface area (Å²) in [4.78, 5) is 62.0. The fourth-order valence-corrected chi connectivity index (χ4v) is 3.50. The summed E-state index contributed by atoms with van der Waals surface area (Å²) in [5.74, 6) is -4.08. The molecule has 170 valence electrons. The molecule has 0 aliphatic carbocycles. The summed E-state index contributed by atoms with van der Waals surface area (Å²) in [5.41, 5.74) is 0.144. The van der Waals surface area contributed by atoms with Crippen molar-refractivity contribution in [3.63, 3.8) is 0 Å². The van der Waals surface area contributed by atoms with Crippen molar-refractivity contribution >= 4 is 41.0 Å². The number of carbonyl (C=O) groups excluding carboxylic acids is 3. The molecule has 0 atom stereocenters. The maximum atomic E-state index is 12.9. The molecule has 34 heavy (non-hydrogen) atoms. The molecule has 0 unspecified atom stereocenters. The second kappa shape index (κ2) is 8.51. The number of rotatable bonds is 6. The van der Waals surface area contributed by atoms with Gasteiger partial charge in [-0.05, 0) is 60.7 Å². The normalized spacial score (nSPS) is 12.3. The van der Waals surface area contributed by atoms with Crippen molar-refractivity contribution in [1.29, 1.82) is 0 Å². The second-order valence-electron chi connectivity index (χ2n) is 7.23. The maximum absolute atomic E-state index is 12.9. The Balaban J connectivity index is 1.62. The number of nitrogens with zero attached hydrogens (tertiary/aromatic N) is 1. The number of methoxy groups -OCH3 is 1. The summed E-state index contributed by atoms with van der Waals surface area (Å²) in [6.45, 7) is 0. The standard InChI is InChI=1S/C24H16N2O8/c1-34-15-7-9-19(18(11-15)24(32)33)25-20(27)13-4-8-16-17(10-13)22(29)26(21(16)28)14-5-2-12(3-6-14)23(30)31/h2-11H,1H3,(H,25,27)(H,30,31)(H,32,33). The smallest absolute Gasteiger partial charge is 0.337 e. The lowest BCUT2D eigenvalue weighted by Crippen LogP contribution is -2.29. The fourth-order valence-electron chi connectivity index (χ4n) is 3.50. The molecule has 1 heterocycles. The number of benzene rings is 3. The number of imide groups is 1. The third-order valence-corrected chi connectivity index (χ3v) is 5.23. The Morgan fingerprint density at radius 3 is 2.06 bits per heavy atom. The van der Waals surface area contributed by atoms with Crippen LogP contribution in [-0.4, -0.2) is 47.0 Å². The molecular formula is C24H16N2O8. The largest absolute Gasteiger partial charge is 0.497 e. The second-order valence-corrected chi connectivity index (χ2v) is 7.23. The minimum atomic E-state index is -1.27. The van der Waals surface area contributed by atoms with Crippen molar-refractivity contribution in [2.24, 2.45) is 0 Å². The molecule has 3 N–H and O–H groups in total. The third-order valence-electron chi connectivity index (χ3n) is 5.23. The molecular weight excluding hydrogens is 444 g/mol. The topological polar surface area (TPSA) is 150 Å². The van der Waals surface area contributed by atoms with E-state index in [-0.39, 0.29) is 39.2 Å². The van der Waals surface area contributed by atoms with Gasteiger partial charge >= 0.3 is 11.9 Å². The molecule has 0 radical (unpaired) electrons. The van der Waals surface area contributed by atoms with Crippen LogP contribution in [0.5, 0.6) is 5.75 Å². The van der Waals surface area contributed by atoms with E-state index in [4.69, 9.17) is 9.84 Å². The fraction of sp³-hybridized carbons (Fsp3) is 0.0417. The van der Waals surface area contributed by atoms with Crippen LogP contribution in [-0.2, 0) is 0 Å². The molecule has 10 nitrogen and oxygen atoms in total. The minimum Gasteiger partial charge on any atom is -0.497 e. The molecule has 0 spiro atoms. The highest BCUT2D eigenvalue weighted by Crippen LogP contribution is 2.30. The highest BCUT2D eigenvalue weighted by molar-refractivity contribution is 6.34. The number of hydrogen-bond donors (Lipinski definition) is 3. The van der Waals surface area contributed by atoms with Crippen molar-refractivity contribution in [2.75, 3.05) is 17.3 Å².